The van der Waals surface area contributed by atoms with E-state index in [1.165, 1.54) is 5.56 Å². The molecule has 1 aliphatic heterocycles. The molecule has 0 spiro atoms. The van der Waals surface area contributed by atoms with Gasteiger partial charge < -0.3 is 9.72 Å². The largest absolute Gasteiger partial charge is 0.379 e. The first-order valence-corrected chi connectivity index (χ1v) is 9.16. The van der Waals surface area contributed by atoms with Gasteiger partial charge in [-0.05, 0) is 43.2 Å². The van der Waals surface area contributed by atoms with Crippen LogP contribution in [0.3, 0.4) is 0 Å². The highest BCUT2D eigenvalue weighted by atomic mass is 16.5. The summed E-state index contributed by atoms with van der Waals surface area (Å²) in [4.78, 5) is 17.0. The Morgan fingerprint density at radius 3 is 3.00 bits per heavy atom. The van der Waals surface area contributed by atoms with E-state index in [2.05, 4.69) is 27.1 Å². The van der Waals surface area contributed by atoms with Crippen molar-refractivity contribution in [1.82, 2.24) is 29.7 Å². The molecular weight excluding hydrogens is 340 g/mol. The highest BCUT2D eigenvalue weighted by molar-refractivity contribution is 5.75. The topological polar surface area (TPSA) is 81.5 Å². The van der Waals surface area contributed by atoms with E-state index in [0.717, 1.165) is 41.4 Å². The minimum Gasteiger partial charge on any atom is -0.379 e. The van der Waals surface area contributed by atoms with Crippen molar-refractivity contribution < 1.29 is 4.74 Å². The quantitative estimate of drug-likeness (QED) is 0.605. The Morgan fingerprint density at radius 1 is 1.22 bits per heavy atom. The zero-order valence-electron chi connectivity index (χ0n) is 15.1. The van der Waals surface area contributed by atoms with Crippen LogP contribution in [0.4, 0.5) is 0 Å². The fourth-order valence-electron chi connectivity index (χ4n) is 3.56. The first kappa shape index (κ1) is 16.1. The first-order valence-electron chi connectivity index (χ1n) is 9.16. The van der Waals surface area contributed by atoms with Gasteiger partial charge in [0, 0.05) is 19.2 Å². The van der Waals surface area contributed by atoms with Gasteiger partial charge in [0.15, 0.2) is 5.82 Å². The van der Waals surface area contributed by atoms with E-state index in [4.69, 9.17) is 14.8 Å². The SMILES string of the molecule is Cc1nc2ccc(Cc3nc(-c4ccccn4)nn3C3CCOC3)cc2[nH]1. The summed E-state index contributed by atoms with van der Waals surface area (Å²) < 4.78 is 7.60. The van der Waals surface area contributed by atoms with Gasteiger partial charge >= 0.3 is 0 Å². The van der Waals surface area contributed by atoms with Crippen LogP contribution < -0.4 is 0 Å². The highest BCUT2D eigenvalue weighted by Crippen LogP contribution is 2.24. The van der Waals surface area contributed by atoms with Gasteiger partial charge in [-0.15, -0.1) is 5.10 Å². The minimum atomic E-state index is 0.225. The first-order chi connectivity index (χ1) is 13.3. The fraction of sp³-hybridized carbons (Fsp3) is 0.300. The number of H-pyrrole nitrogens is 1. The van der Waals surface area contributed by atoms with E-state index >= 15 is 0 Å². The Morgan fingerprint density at radius 2 is 2.19 bits per heavy atom. The monoisotopic (exact) mass is 360 g/mol. The molecule has 3 aromatic heterocycles. The predicted molar refractivity (Wildman–Crippen MR) is 101 cm³/mol. The second-order valence-electron chi connectivity index (χ2n) is 6.88. The van der Waals surface area contributed by atoms with E-state index < -0.39 is 0 Å². The highest BCUT2D eigenvalue weighted by Gasteiger charge is 2.24. The van der Waals surface area contributed by atoms with Crippen LogP contribution in [0.15, 0.2) is 42.6 Å². The van der Waals surface area contributed by atoms with Gasteiger partial charge in [-0.25, -0.2) is 14.6 Å². The third kappa shape index (κ3) is 3.10. The molecule has 1 unspecified atom stereocenters. The molecule has 5 rings (SSSR count). The lowest BCUT2D eigenvalue weighted by atomic mass is 10.1. The second kappa shape index (κ2) is 6.59. The van der Waals surface area contributed by atoms with Crippen molar-refractivity contribution in [2.75, 3.05) is 13.2 Å². The summed E-state index contributed by atoms with van der Waals surface area (Å²) in [5, 5.41) is 4.77. The van der Waals surface area contributed by atoms with Gasteiger partial charge in [-0.3, -0.25) is 4.98 Å². The number of benzene rings is 1. The van der Waals surface area contributed by atoms with Crippen molar-refractivity contribution >= 4 is 11.0 Å². The van der Waals surface area contributed by atoms with Gasteiger partial charge in [-0.2, -0.15) is 0 Å². The molecule has 1 aliphatic rings. The molecule has 27 heavy (non-hydrogen) atoms. The lowest BCUT2D eigenvalue weighted by molar-refractivity contribution is 0.184. The normalized spacial score (nSPS) is 17.0. The van der Waals surface area contributed by atoms with E-state index in [9.17, 15) is 0 Å². The number of ether oxygens (including phenoxy) is 1. The summed E-state index contributed by atoms with van der Waals surface area (Å²) in [6, 6.07) is 12.3. The van der Waals surface area contributed by atoms with E-state index in [1.807, 2.05) is 35.9 Å². The molecule has 0 bridgehead atoms. The summed E-state index contributed by atoms with van der Waals surface area (Å²) >= 11 is 0. The molecule has 1 aromatic carbocycles. The number of aromatic amines is 1. The molecule has 0 radical (unpaired) electrons. The van der Waals surface area contributed by atoms with Crippen molar-refractivity contribution in [3.05, 3.63) is 59.8 Å². The number of aryl methyl sites for hydroxylation is 1. The number of rotatable bonds is 4. The molecule has 1 atom stereocenters. The Kier molecular flexibility index (Phi) is 3.94. The second-order valence-corrected chi connectivity index (χ2v) is 6.88. The summed E-state index contributed by atoms with van der Waals surface area (Å²) in [5.41, 5.74) is 3.99. The van der Waals surface area contributed by atoms with Crippen molar-refractivity contribution in [3.63, 3.8) is 0 Å². The smallest absolute Gasteiger partial charge is 0.200 e. The number of hydrogen-bond donors (Lipinski definition) is 1. The molecule has 136 valence electrons. The minimum absolute atomic E-state index is 0.225. The zero-order chi connectivity index (χ0) is 18.2. The lowest BCUT2D eigenvalue weighted by Gasteiger charge is -2.11. The number of nitrogens with one attached hydrogen (secondary N) is 1. The van der Waals surface area contributed by atoms with Crippen molar-refractivity contribution in [2.24, 2.45) is 0 Å². The number of pyridine rings is 1. The van der Waals surface area contributed by atoms with Crippen LogP contribution in [0.1, 0.15) is 29.7 Å². The molecule has 1 saturated heterocycles. The van der Waals surface area contributed by atoms with Crippen molar-refractivity contribution in [1.29, 1.82) is 0 Å². The molecule has 1 N–H and O–H groups in total. The predicted octanol–water partition coefficient (Wildman–Crippen LogP) is 3.08. The number of fused-ring (bicyclic) bond motifs is 1. The van der Waals surface area contributed by atoms with E-state index in [1.54, 1.807) is 6.20 Å². The maximum atomic E-state index is 5.57. The molecule has 7 heteroatoms. The summed E-state index contributed by atoms with van der Waals surface area (Å²) in [7, 11) is 0. The summed E-state index contributed by atoms with van der Waals surface area (Å²) in [6.07, 6.45) is 3.42. The number of imidazole rings is 1. The van der Waals surface area contributed by atoms with Gasteiger partial charge in [-0.1, -0.05) is 12.1 Å². The Balaban J connectivity index is 1.53. The number of hydrogen-bond acceptors (Lipinski definition) is 5. The molecule has 4 heterocycles. The van der Waals surface area contributed by atoms with E-state index in [0.29, 0.717) is 18.9 Å². The van der Waals surface area contributed by atoms with Crippen LogP contribution in [0.5, 0.6) is 0 Å². The zero-order valence-corrected chi connectivity index (χ0v) is 15.1. The molecule has 4 aromatic rings. The van der Waals surface area contributed by atoms with Crippen LogP contribution in [0.2, 0.25) is 0 Å². The third-order valence-corrected chi connectivity index (χ3v) is 4.87. The van der Waals surface area contributed by atoms with Crippen LogP contribution in [0, 0.1) is 6.92 Å². The average Bonchev–Trinajstić information content (AvgIpc) is 3.41. The fourth-order valence-corrected chi connectivity index (χ4v) is 3.56. The third-order valence-electron chi connectivity index (χ3n) is 4.87. The molecular formula is C20H20N6O. The maximum absolute atomic E-state index is 5.57. The number of nitrogens with zero attached hydrogens (tertiary/aromatic N) is 5. The van der Waals surface area contributed by atoms with Crippen molar-refractivity contribution in [3.8, 4) is 11.5 Å². The molecule has 0 aliphatic carbocycles. The molecule has 0 saturated carbocycles. The van der Waals surface area contributed by atoms with Crippen LogP contribution in [0.25, 0.3) is 22.6 Å². The summed E-state index contributed by atoms with van der Waals surface area (Å²) in [5.74, 6) is 2.52. The Bertz CT molecular complexity index is 1080. The van der Waals surface area contributed by atoms with Crippen molar-refractivity contribution in [2.45, 2.75) is 25.8 Å². The van der Waals surface area contributed by atoms with Gasteiger partial charge in [0.2, 0.25) is 0 Å². The van der Waals surface area contributed by atoms with Gasteiger partial charge in [0.05, 0.1) is 23.7 Å². The van der Waals surface area contributed by atoms with Gasteiger partial charge in [0.25, 0.3) is 0 Å². The Hall–Kier alpha value is -3.06. The summed E-state index contributed by atoms with van der Waals surface area (Å²) in [6.45, 7) is 3.41. The van der Waals surface area contributed by atoms with Crippen LogP contribution in [-0.4, -0.2) is 42.9 Å². The Labute approximate surface area is 156 Å². The lowest BCUT2D eigenvalue weighted by Crippen LogP contribution is -2.14. The molecule has 7 nitrogen and oxygen atoms in total. The van der Waals surface area contributed by atoms with E-state index in [-0.39, 0.29) is 6.04 Å². The number of aromatic nitrogens is 6. The van der Waals surface area contributed by atoms with Gasteiger partial charge in [0.1, 0.15) is 17.3 Å². The maximum Gasteiger partial charge on any atom is 0.200 e. The molecule has 0 amide bonds. The average molecular weight is 360 g/mol. The van der Waals surface area contributed by atoms with Crippen LogP contribution in [-0.2, 0) is 11.2 Å². The van der Waals surface area contributed by atoms with Crippen LogP contribution >= 0.6 is 0 Å². The standard InChI is InChI=1S/C20H20N6O/c1-13-22-16-6-5-14(10-18(16)23-13)11-19-24-20(17-4-2-3-8-21-17)25-26(19)15-7-9-27-12-15/h2-6,8,10,15H,7,9,11-12H2,1H3,(H,22,23). The molecule has 1 fully saturated rings.